The van der Waals surface area contributed by atoms with Crippen LogP contribution in [0.2, 0.25) is 0 Å². The maximum atomic E-state index is 10.8. The molecule has 3 aromatic rings. The van der Waals surface area contributed by atoms with E-state index in [1.54, 1.807) is 0 Å². The first kappa shape index (κ1) is 30.0. The molecule has 5 heteroatoms. The second-order valence-electron chi connectivity index (χ2n) is 9.33. The number of hydrogen-bond acceptors (Lipinski definition) is 5. The summed E-state index contributed by atoms with van der Waals surface area (Å²) in [5.74, 6) is 1.95. The molecule has 37 heavy (non-hydrogen) atoms. The molecular formula is C32H44NO4. The Morgan fingerprint density at radius 3 is 2.27 bits per heavy atom. The lowest BCUT2D eigenvalue weighted by molar-refractivity contribution is -0.148. The number of allylic oxidation sites excluding steroid dienone is 2. The normalized spacial score (nSPS) is 15.2. The van der Waals surface area contributed by atoms with Gasteiger partial charge in [-0.15, -0.1) is 0 Å². The second-order valence-corrected chi connectivity index (χ2v) is 9.33. The van der Waals surface area contributed by atoms with Crippen molar-refractivity contribution in [2.45, 2.75) is 66.1 Å². The van der Waals surface area contributed by atoms with E-state index in [-0.39, 0.29) is 19.4 Å². The van der Waals surface area contributed by atoms with Gasteiger partial charge >= 0.3 is 5.97 Å². The van der Waals surface area contributed by atoms with Crippen LogP contribution in [0.15, 0.2) is 72.8 Å². The number of pyridine rings is 1. The summed E-state index contributed by atoms with van der Waals surface area (Å²) in [6.45, 7) is 8.55. The monoisotopic (exact) mass is 506 g/mol. The first-order chi connectivity index (χ1) is 18.0. The number of aryl methyl sites for hydroxylation is 1. The van der Waals surface area contributed by atoms with E-state index in [0.29, 0.717) is 6.61 Å². The van der Waals surface area contributed by atoms with E-state index in [2.05, 4.69) is 42.6 Å². The van der Waals surface area contributed by atoms with Crippen molar-refractivity contribution in [3.63, 3.8) is 0 Å². The van der Waals surface area contributed by atoms with Crippen molar-refractivity contribution in [2.75, 3.05) is 7.11 Å². The molecule has 0 amide bonds. The number of hydrogen-bond donors (Lipinski definition) is 1. The second kappa shape index (κ2) is 16.5. The highest BCUT2D eigenvalue weighted by Crippen LogP contribution is 2.30. The van der Waals surface area contributed by atoms with E-state index in [0.717, 1.165) is 48.2 Å². The van der Waals surface area contributed by atoms with Gasteiger partial charge in [0.05, 0.1) is 17.5 Å². The van der Waals surface area contributed by atoms with Crippen molar-refractivity contribution in [3.05, 3.63) is 90.5 Å². The first-order valence-corrected chi connectivity index (χ1v) is 13.2. The third-order valence-electron chi connectivity index (χ3n) is 5.67. The average molecular weight is 507 g/mol. The molecule has 1 heterocycles. The average Bonchev–Trinajstić information content (AvgIpc) is 3.73. The molecule has 0 aliphatic heterocycles. The molecule has 1 N–H and O–H groups in total. The third-order valence-corrected chi connectivity index (χ3v) is 5.67. The van der Waals surface area contributed by atoms with Crippen LogP contribution in [0.4, 0.5) is 0 Å². The Labute approximate surface area is 224 Å². The Kier molecular flexibility index (Phi) is 13.4. The summed E-state index contributed by atoms with van der Waals surface area (Å²) < 4.78 is 10.8. The largest absolute Gasteiger partial charge is 0.489 e. The van der Waals surface area contributed by atoms with Gasteiger partial charge in [0.1, 0.15) is 12.4 Å². The number of aliphatic hydroxyl groups excluding tert-OH is 1. The quantitative estimate of drug-likeness (QED) is 0.336. The number of nitrogens with zero attached hydrogens (tertiary/aromatic N) is 1. The van der Waals surface area contributed by atoms with Crippen molar-refractivity contribution in [2.24, 2.45) is 11.8 Å². The zero-order valence-corrected chi connectivity index (χ0v) is 22.9. The fourth-order valence-corrected chi connectivity index (χ4v) is 3.63. The minimum atomic E-state index is -0.00926. The summed E-state index contributed by atoms with van der Waals surface area (Å²) >= 11 is 0. The fourth-order valence-electron chi connectivity index (χ4n) is 3.63. The van der Waals surface area contributed by atoms with E-state index >= 15 is 0 Å². The molecule has 1 unspecified atom stereocenters. The van der Waals surface area contributed by atoms with Gasteiger partial charge in [-0.05, 0) is 76.6 Å². The third kappa shape index (κ3) is 11.2. The van der Waals surface area contributed by atoms with E-state index in [9.17, 15) is 4.79 Å². The van der Waals surface area contributed by atoms with Gasteiger partial charge in [0.15, 0.2) is 0 Å². The summed E-state index contributed by atoms with van der Waals surface area (Å²) in [6.07, 6.45) is 11.4. The SMILES string of the molecule is CC(C)OC(=O)C1CC1.CCCC1[CH]C=C1.CO.Cc1cc(COc2ccccc2)c2ccccc2n1.[HH]. The number of para-hydroxylation sites is 2. The highest BCUT2D eigenvalue weighted by Gasteiger charge is 2.31. The summed E-state index contributed by atoms with van der Waals surface area (Å²) in [4.78, 5) is 15.3. The molecule has 2 aliphatic rings. The zero-order chi connectivity index (χ0) is 27.0. The van der Waals surface area contributed by atoms with E-state index in [4.69, 9.17) is 14.6 Å². The van der Waals surface area contributed by atoms with Gasteiger partial charge in [-0.2, -0.15) is 0 Å². The predicted octanol–water partition coefficient (Wildman–Crippen LogP) is 7.50. The van der Waals surface area contributed by atoms with E-state index in [1.807, 2.05) is 69.3 Å². The lowest BCUT2D eigenvalue weighted by atomic mass is 9.91. The van der Waals surface area contributed by atoms with Crippen LogP contribution in [0, 0.1) is 25.2 Å². The molecule has 2 aliphatic carbocycles. The molecule has 1 aromatic heterocycles. The van der Waals surface area contributed by atoms with E-state index < -0.39 is 0 Å². The van der Waals surface area contributed by atoms with Crippen molar-refractivity contribution in [1.29, 1.82) is 0 Å². The minimum absolute atomic E-state index is 0. The van der Waals surface area contributed by atoms with Crippen LogP contribution < -0.4 is 4.74 Å². The van der Waals surface area contributed by atoms with Crippen molar-refractivity contribution >= 4 is 16.9 Å². The highest BCUT2D eigenvalue weighted by molar-refractivity contribution is 5.82. The summed E-state index contributed by atoms with van der Waals surface area (Å²) in [5.41, 5.74) is 3.21. The molecule has 2 aromatic carbocycles. The van der Waals surface area contributed by atoms with Crippen LogP contribution in [0.5, 0.6) is 5.75 Å². The number of fused-ring (bicyclic) bond motifs is 1. The van der Waals surface area contributed by atoms with Crippen LogP contribution in [0.3, 0.4) is 0 Å². The Bertz CT molecular complexity index is 1100. The Hall–Kier alpha value is -3.18. The summed E-state index contributed by atoms with van der Waals surface area (Å²) in [7, 11) is 1.00. The molecule has 1 atom stereocenters. The van der Waals surface area contributed by atoms with Crippen LogP contribution in [0.1, 0.15) is 59.1 Å². The molecule has 5 rings (SSSR count). The zero-order valence-electron chi connectivity index (χ0n) is 22.9. The standard InChI is InChI=1S/C17H15NO.C7H12O2.C7H11.CH4O.H2/c1-13-11-14(12-19-15-7-3-2-4-8-15)16-9-5-6-10-17(16)18-13;1-5(2)9-7(8)6-3-4-6;1-2-4-7-5-3-6-7;1-2;/h2-11H,12H2,1H3;5-6H,3-4H2,1-2H3;3,5-7H,2,4H2,1H3;2H,1H3;1H. The number of esters is 1. The van der Waals surface area contributed by atoms with Gasteiger partial charge in [0, 0.05) is 25.2 Å². The van der Waals surface area contributed by atoms with E-state index in [1.165, 1.54) is 18.4 Å². The first-order valence-electron chi connectivity index (χ1n) is 13.2. The molecule has 0 saturated heterocycles. The maximum Gasteiger partial charge on any atom is 0.309 e. The number of ether oxygens (including phenoxy) is 2. The molecule has 201 valence electrons. The van der Waals surface area contributed by atoms with Crippen LogP contribution in [0.25, 0.3) is 10.9 Å². The van der Waals surface area contributed by atoms with Gasteiger partial charge < -0.3 is 14.6 Å². The van der Waals surface area contributed by atoms with Crippen molar-refractivity contribution < 1.29 is 20.8 Å². The Balaban J connectivity index is 0.000000317. The molecule has 1 saturated carbocycles. The van der Waals surface area contributed by atoms with Gasteiger partial charge in [0.25, 0.3) is 0 Å². The maximum absolute atomic E-state index is 10.8. The smallest absolute Gasteiger partial charge is 0.309 e. The van der Waals surface area contributed by atoms with Gasteiger partial charge in [-0.3, -0.25) is 9.78 Å². The van der Waals surface area contributed by atoms with Crippen molar-refractivity contribution in [3.8, 4) is 5.75 Å². The molecule has 1 fully saturated rings. The fraction of sp³-hybridized carbons (Fsp3) is 0.406. The van der Waals surface area contributed by atoms with Crippen LogP contribution in [-0.2, 0) is 16.1 Å². The molecular weight excluding hydrogens is 462 g/mol. The number of benzene rings is 2. The highest BCUT2D eigenvalue weighted by atomic mass is 16.5. The van der Waals surface area contributed by atoms with Gasteiger partial charge in [-0.1, -0.05) is 61.9 Å². The van der Waals surface area contributed by atoms with Crippen LogP contribution >= 0.6 is 0 Å². The van der Waals surface area contributed by atoms with Gasteiger partial charge in [-0.25, -0.2) is 0 Å². The topological polar surface area (TPSA) is 68.7 Å². The van der Waals surface area contributed by atoms with Crippen molar-refractivity contribution in [1.82, 2.24) is 4.98 Å². The van der Waals surface area contributed by atoms with Gasteiger partial charge in [0.2, 0.25) is 0 Å². The molecule has 0 spiro atoms. The Morgan fingerprint density at radius 1 is 1.08 bits per heavy atom. The number of carbonyl (C=O) groups is 1. The molecule has 0 bridgehead atoms. The van der Waals surface area contributed by atoms with Crippen LogP contribution in [-0.4, -0.2) is 29.3 Å². The molecule has 5 nitrogen and oxygen atoms in total. The summed E-state index contributed by atoms with van der Waals surface area (Å²) in [6, 6.07) is 20.1. The Morgan fingerprint density at radius 2 is 1.73 bits per heavy atom. The minimum Gasteiger partial charge on any atom is -0.489 e. The number of aliphatic hydroxyl groups is 1. The lowest BCUT2D eigenvalue weighted by Gasteiger charge is -2.14. The lowest BCUT2D eigenvalue weighted by Crippen LogP contribution is -2.12. The number of rotatable bonds is 7. The number of carbonyl (C=O) groups excluding carboxylic acids is 1. The predicted molar refractivity (Wildman–Crippen MR) is 153 cm³/mol. The number of aromatic nitrogens is 1. The summed E-state index contributed by atoms with van der Waals surface area (Å²) in [5, 5.41) is 8.16. The molecule has 1 radical (unpaired) electrons.